The molecule has 1 saturated carbocycles. The summed E-state index contributed by atoms with van der Waals surface area (Å²) in [6.45, 7) is 14.4. The molecule has 0 radical (unpaired) electrons. The van der Waals surface area contributed by atoms with Crippen LogP contribution in [0.1, 0.15) is 66.2 Å². The highest BCUT2D eigenvalue weighted by Crippen LogP contribution is 2.45. The molecule has 5 heteroatoms. The van der Waals surface area contributed by atoms with Gasteiger partial charge in [-0.3, -0.25) is 4.90 Å². The Bertz CT molecular complexity index is 422. The van der Waals surface area contributed by atoms with Crippen LogP contribution in [-0.2, 0) is 18.9 Å². The van der Waals surface area contributed by atoms with E-state index in [1.807, 2.05) is 0 Å². The lowest BCUT2D eigenvalue weighted by molar-refractivity contribution is -0.197. The molecule has 3 fully saturated rings. The van der Waals surface area contributed by atoms with Gasteiger partial charge in [0.05, 0.1) is 25.9 Å². The van der Waals surface area contributed by atoms with Crippen molar-refractivity contribution in [2.45, 2.75) is 84.4 Å². The second kappa shape index (κ2) is 8.87. The summed E-state index contributed by atoms with van der Waals surface area (Å²) in [5, 5.41) is 0. The minimum atomic E-state index is -0.292. The van der Waals surface area contributed by atoms with Crippen molar-refractivity contribution in [3.63, 3.8) is 0 Å². The third kappa shape index (κ3) is 5.41. The predicted octanol–water partition coefficient (Wildman–Crippen LogP) is 3.81. The Labute approximate surface area is 159 Å². The molecule has 0 aromatic carbocycles. The minimum Gasteiger partial charge on any atom is -0.349 e. The second-order valence-corrected chi connectivity index (χ2v) is 9.36. The monoisotopic (exact) mass is 369 g/mol. The maximum absolute atomic E-state index is 6.44. The predicted molar refractivity (Wildman–Crippen MR) is 102 cm³/mol. The zero-order chi connectivity index (χ0) is 18.6. The van der Waals surface area contributed by atoms with Gasteiger partial charge >= 0.3 is 0 Å². The Morgan fingerprint density at radius 1 is 1.04 bits per heavy atom. The van der Waals surface area contributed by atoms with E-state index in [2.05, 4.69) is 32.6 Å². The van der Waals surface area contributed by atoms with Crippen molar-refractivity contribution < 1.29 is 18.9 Å². The van der Waals surface area contributed by atoms with Gasteiger partial charge in [-0.2, -0.15) is 0 Å². The van der Waals surface area contributed by atoms with Crippen LogP contribution >= 0.6 is 0 Å². The van der Waals surface area contributed by atoms with Crippen LogP contribution in [0.3, 0.4) is 0 Å². The average Bonchev–Trinajstić information content (AvgIpc) is 3.23. The molecule has 3 aliphatic rings. The van der Waals surface area contributed by atoms with E-state index in [-0.39, 0.29) is 18.2 Å². The van der Waals surface area contributed by atoms with E-state index >= 15 is 0 Å². The van der Waals surface area contributed by atoms with Gasteiger partial charge in [0.1, 0.15) is 0 Å². The van der Waals surface area contributed by atoms with Crippen molar-refractivity contribution in [3.05, 3.63) is 0 Å². The molecule has 0 N–H and O–H groups in total. The Morgan fingerprint density at radius 2 is 1.73 bits per heavy atom. The largest absolute Gasteiger partial charge is 0.349 e. The number of ether oxygens (including phenoxy) is 4. The highest BCUT2D eigenvalue weighted by Gasteiger charge is 2.45. The second-order valence-electron chi connectivity index (χ2n) is 9.36. The molecule has 1 aliphatic carbocycles. The minimum absolute atomic E-state index is 0.0543. The highest BCUT2D eigenvalue weighted by atomic mass is 16.7. The lowest BCUT2D eigenvalue weighted by Crippen LogP contribution is -2.39. The SMILES string of the molecule is CCCN(CCC1COC2(CCC(C(C)(C)C)CC2)O1)CC1OCCO1. The van der Waals surface area contributed by atoms with E-state index in [0.717, 1.165) is 71.1 Å². The molecule has 2 saturated heterocycles. The summed E-state index contributed by atoms with van der Waals surface area (Å²) in [5.74, 6) is 0.491. The summed E-state index contributed by atoms with van der Waals surface area (Å²) in [6, 6.07) is 0. The van der Waals surface area contributed by atoms with Crippen LogP contribution in [0.5, 0.6) is 0 Å². The molecule has 152 valence electrons. The van der Waals surface area contributed by atoms with E-state index < -0.39 is 0 Å². The summed E-state index contributed by atoms with van der Waals surface area (Å²) < 4.78 is 23.8. The van der Waals surface area contributed by atoms with Gasteiger partial charge in [-0.25, -0.2) is 0 Å². The number of hydrogen-bond acceptors (Lipinski definition) is 5. The Morgan fingerprint density at radius 3 is 2.35 bits per heavy atom. The maximum Gasteiger partial charge on any atom is 0.170 e. The molecule has 0 amide bonds. The van der Waals surface area contributed by atoms with Gasteiger partial charge in [0.15, 0.2) is 12.1 Å². The van der Waals surface area contributed by atoms with Crippen LogP contribution in [0, 0.1) is 11.3 Å². The molecule has 1 spiro atoms. The number of hydrogen-bond donors (Lipinski definition) is 0. The van der Waals surface area contributed by atoms with Gasteiger partial charge in [-0.05, 0) is 43.6 Å². The summed E-state index contributed by atoms with van der Waals surface area (Å²) in [4.78, 5) is 2.45. The first-order valence-corrected chi connectivity index (χ1v) is 10.7. The van der Waals surface area contributed by atoms with Crippen molar-refractivity contribution in [1.29, 1.82) is 0 Å². The van der Waals surface area contributed by atoms with Gasteiger partial charge < -0.3 is 18.9 Å². The smallest absolute Gasteiger partial charge is 0.170 e. The van der Waals surface area contributed by atoms with Gasteiger partial charge in [0.2, 0.25) is 0 Å². The molecule has 0 bridgehead atoms. The molecule has 0 aromatic rings. The molecule has 1 unspecified atom stereocenters. The average molecular weight is 370 g/mol. The lowest BCUT2D eigenvalue weighted by atomic mass is 9.71. The van der Waals surface area contributed by atoms with Gasteiger partial charge in [-0.15, -0.1) is 0 Å². The molecule has 2 aliphatic heterocycles. The topological polar surface area (TPSA) is 40.2 Å². The first-order valence-electron chi connectivity index (χ1n) is 10.7. The van der Waals surface area contributed by atoms with Crippen LogP contribution in [0.2, 0.25) is 0 Å². The molecule has 5 nitrogen and oxygen atoms in total. The maximum atomic E-state index is 6.44. The fraction of sp³-hybridized carbons (Fsp3) is 1.00. The third-order valence-electron chi connectivity index (χ3n) is 6.29. The van der Waals surface area contributed by atoms with E-state index in [1.165, 1.54) is 12.8 Å². The van der Waals surface area contributed by atoms with Crippen LogP contribution in [-0.4, -0.2) is 62.5 Å². The molecule has 26 heavy (non-hydrogen) atoms. The standard InChI is InChI=1S/C21H39NO4/c1-5-11-22(15-19-23-13-14-24-19)12-8-18-16-25-21(26-18)9-6-17(7-10-21)20(2,3)4/h17-19H,5-16H2,1-4H3. The van der Waals surface area contributed by atoms with Crippen LogP contribution in [0.25, 0.3) is 0 Å². The van der Waals surface area contributed by atoms with Crippen molar-refractivity contribution >= 4 is 0 Å². The zero-order valence-corrected chi connectivity index (χ0v) is 17.3. The van der Waals surface area contributed by atoms with E-state index in [0.29, 0.717) is 5.41 Å². The quantitative estimate of drug-likeness (QED) is 0.682. The molecular formula is C21H39NO4. The van der Waals surface area contributed by atoms with Gasteiger partial charge in [-0.1, -0.05) is 27.7 Å². The molecule has 0 aromatic heterocycles. The normalized spacial score (nSPS) is 33.6. The third-order valence-corrected chi connectivity index (χ3v) is 6.29. The number of nitrogens with zero attached hydrogens (tertiary/aromatic N) is 1. The van der Waals surface area contributed by atoms with Crippen molar-refractivity contribution in [3.8, 4) is 0 Å². The van der Waals surface area contributed by atoms with Crippen molar-refractivity contribution in [2.75, 3.05) is 39.5 Å². The summed E-state index contributed by atoms with van der Waals surface area (Å²) in [6.07, 6.45) is 6.88. The molecule has 3 rings (SSSR count). The first-order chi connectivity index (χ1) is 12.4. The van der Waals surface area contributed by atoms with Crippen molar-refractivity contribution in [1.82, 2.24) is 4.90 Å². The van der Waals surface area contributed by atoms with Crippen LogP contribution < -0.4 is 0 Å². The summed E-state index contributed by atoms with van der Waals surface area (Å²) in [5.41, 5.74) is 0.394. The van der Waals surface area contributed by atoms with Gasteiger partial charge in [0, 0.05) is 25.9 Å². The van der Waals surface area contributed by atoms with Crippen LogP contribution in [0.4, 0.5) is 0 Å². The first kappa shape index (κ1) is 20.5. The fourth-order valence-electron chi connectivity index (χ4n) is 4.61. The fourth-order valence-corrected chi connectivity index (χ4v) is 4.61. The van der Waals surface area contributed by atoms with E-state index in [9.17, 15) is 0 Å². The zero-order valence-electron chi connectivity index (χ0n) is 17.3. The number of rotatable bonds is 7. The Hall–Kier alpha value is -0.200. The van der Waals surface area contributed by atoms with E-state index in [1.54, 1.807) is 0 Å². The van der Waals surface area contributed by atoms with Crippen LogP contribution in [0.15, 0.2) is 0 Å². The Kier molecular flexibility index (Phi) is 7.00. The van der Waals surface area contributed by atoms with Crippen molar-refractivity contribution in [2.24, 2.45) is 11.3 Å². The highest BCUT2D eigenvalue weighted by molar-refractivity contribution is 4.89. The molecular weight excluding hydrogens is 330 g/mol. The summed E-state index contributed by atoms with van der Waals surface area (Å²) in [7, 11) is 0. The molecule has 1 atom stereocenters. The summed E-state index contributed by atoms with van der Waals surface area (Å²) >= 11 is 0. The molecule has 2 heterocycles. The van der Waals surface area contributed by atoms with E-state index in [4.69, 9.17) is 18.9 Å². The Balaban J connectivity index is 1.42. The lowest BCUT2D eigenvalue weighted by Gasteiger charge is -2.41. The van der Waals surface area contributed by atoms with Gasteiger partial charge in [0.25, 0.3) is 0 Å².